The van der Waals surface area contributed by atoms with Crippen molar-refractivity contribution in [2.24, 2.45) is 0 Å². The summed E-state index contributed by atoms with van der Waals surface area (Å²) < 4.78 is 13.4. The molecule has 2 aromatic carbocycles. The minimum Gasteiger partial charge on any atom is -0.438 e. The van der Waals surface area contributed by atoms with E-state index in [0.29, 0.717) is 12.5 Å². The summed E-state index contributed by atoms with van der Waals surface area (Å²) in [6.45, 7) is 15.5. The molecule has 0 aliphatic carbocycles. The normalized spacial score (nSPS) is 17.2. The average Bonchev–Trinajstić information content (AvgIpc) is 3.29. The van der Waals surface area contributed by atoms with Crippen molar-refractivity contribution < 1.29 is 9.47 Å². The molecular weight excluding hydrogens is 460 g/mol. The third-order valence-corrected chi connectivity index (χ3v) is 7.87. The summed E-state index contributed by atoms with van der Waals surface area (Å²) in [4.78, 5) is 14.2. The molecule has 1 atom stereocenters. The fourth-order valence-corrected chi connectivity index (χ4v) is 5.90. The Morgan fingerprint density at radius 1 is 0.865 bits per heavy atom. The standard InChI is InChI=1S/C31H40N4O2/c1-6-10-16-35(17-11-7-2)26-18-25-28(19-27(26)34(8-3)9-4)37-30-29(22(5)32-21-33-30)31(25)24-15-13-12-14-23(24)20-36-31/h12-15,18-19,21H,6-11,16-17,20H2,1-5H3. The van der Waals surface area contributed by atoms with Gasteiger partial charge in [0, 0.05) is 37.8 Å². The van der Waals surface area contributed by atoms with Gasteiger partial charge in [0.15, 0.2) is 5.60 Å². The van der Waals surface area contributed by atoms with Gasteiger partial charge < -0.3 is 19.3 Å². The van der Waals surface area contributed by atoms with Crippen LogP contribution in [-0.2, 0) is 16.9 Å². The number of benzene rings is 2. The minimum atomic E-state index is -0.789. The molecule has 5 rings (SSSR count). The van der Waals surface area contributed by atoms with Gasteiger partial charge in [-0.1, -0.05) is 51.0 Å². The largest absolute Gasteiger partial charge is 0.438 e. The van der Waals surface area contributed by atoms with Crippen LogP contribution in [0.15, 0.2) is 42.7 Å². The highest BCUT2D eigenvalue weighted by atomic mass is 16.5. The summed E-state index contributed by atoms with van der Waals surface area (Å²) in [5.41, 5.74) is 6.90. The predicted molar refractivity (Wildman–Crippen MR) is 150 cm³/mol. The summed E-state index contributed by atoms with van der Waals surface area (Å²) in [7, 11) is 0. The van der Waals surface area contributed by atoms with Crippen molar-refractivity contribution in [3.05, 3.63) is 70.7 Å². The fraction of sp³-hybridized carbons (Fsp3) is 0.484. The maximum atomic E-state index is 6.84. The Morgan fingerprint density at radius 3 is 2.27 bits per heavy atom. The molecule has 196 valence electrons. The SMILES string of the molecule is CCCCN(CCCC)c1cc2c(cc1N(CC)CC)Oc1ncnc(C)c1C21OCc2ccccc21. The number of aromatic nitrogens is 2. The van der Waals surface area contributed by atoms with Crippen LogP contribution in [0.3, 0.4) is 0 Å². The third kappa shape index (κ3) is 4.25. The first-order valence-electron chi connectivity index (χ1n) is 14.0. The van der Waals surface area contributed by atoms with Gasteiger partial charge in [-0.25, -0.2) is 9.97 Å². The van der Waals surface area contributed by atoms with E-state index in [0.717, 1.165) is 67.2 Å². The van der Waals surface area contributed by atoms with E-state index in [-0.39, 0.29) is 0 Å². The van der Waals surface area contributed by atoms with E-state index in [1.54, 1.807) is 6.33 Å². The number of anilines is 2. The lowest BCUT2D eigenvalue weighted by molar-refractivity contribution is 0.0184. The average molecular weight is 501 g/mol. The lowest BCUT2D eigenvalue weighted by Gasteiger charge is -2.40. The van der Waals surface area contributed by atoms with Crippen molar-refractivity contribution in [3.63, 3.8) is 0 Å². The van der Waals surface area contributed by atoms with Crippen molar-refractivity contribution >= 4 is 11.4 Å². The molecule has 0 radical (unpaired) electrons. The van der Waals surface area contributed by atoms with Gasteiger partial charge in [-0.05, 0) is 50.8 Å². The highest BCUT2D eigenvalue weighted by Crippen LogP contribution is 2.57. The van der Waals surface area contributed by atoms with Crippen LogP contribution < -0.4 is 14.5 Å². The molecule has 37 heavy (non-hydrogen) atoms. The molecule has 0 N–H and O–H groups in total. The Balaban J connectivity index is 1.79. The zero-order valence-electron chi connectivity index (χ0n) is 23.0. The first-order valence-corrected chi connectivity index (χ1v) is 14.0. The van der Waals surface area contributed by atoms with E-state index in [1.807, 2.05) is 6.92 Å². The van der Waals surface area contributed by atoms with Gasteiger partial charge in [0.1, 0.15) is 12.1 Å². The van der Waals surface area contributed by atoms with Gasteiger partial charge in [0.2, 0.25) is 5.88 Å². The van der Waals surface area contributed by atoms with Crippen molar-refractivity contribution in [1.82, 2.24) is 9.97 Å². The number of hydrogen-bond donors (Lipinski definition) is 0. The molecule has 6 heteroatoms. The highest BCUT2D eigenvalue weighted by molar-refractivity contribution is 5.78. The maximum Gasteiger partial charge on any atom is 0.229 e. The summed E-state index contributed by atoms with van der Waals surface area (Å²) in [5, 5.41) is 0. The predicted octanol–water partition coefficient (Wildman–Crippen LogP) is 6.97. The van der Waals surface area contributed by atoms with Crippen molar-refractivity contribution in [3.8, 4) is 11.6 Å². The van der Waals surface area contributed by atoms with E-state index < -0.39 is 5.60 Å². The van der Waals surface area contributed by atoms with Gasteiger partial charge >= 0.3 is 0 Å². The second kappa shape index (κ2) is 10.7. The monoisotopic (exact) mass is 500 g/mol. The molecule has 2 aliphatic rings. The topological polar surface area (TPSA) is 50.7 Å². The number of aryl methyl sites for hydroxylation is 1. The van der Waals surface area contributed by atoms with Crippen molar-refractivity contribution in [2.45, 2.75) is 72.5 Å². The van der Waals surface area contributed by atoms with E-state index >= 15 is 0 Å². The Hall–Kier alpha value is -3.12. The molecule has 1 aromatic heterocycles. The summed E-state index contributed by atoms with van der Waals surface area (Å²) in [6, 6.07) is 13.1. The number of rotatable bonds is 10. The maximum absolute atomic E-state index is 6.84. The molecule has 3 heterocycles. The molecule has 2 aliphatic heterocycles. The smallest absolute Gasteiger partial charge is 0.229 e. The third-order valence-electron chi connectivity index (χ3n) is 7.87. The van der Waals surface area contributed by atoms with Gasteiger partial charge in [-0.15, -0.1) is 0 Å². The van der Waals surface area contributed by atoms with Gasteiger partial charge in [0.25, 0.3) is 0 Å². The first-order chi connectivity index (χ1) is 18.1. The lowest BCUT2D eigenvalue weighted by atomic mass is 9.77. The Morgan fingerprint density at radius 2 is 1.57 bits per heavy atom. The summed E-state index contributed by atoms with van der Waals surface area (Å²) >= 11 is 0. The lowest BCUT2D eigenvalue weighted by Crippen LogP contribution is -2.36. The van der Waals surface area contributed by atoms with E-state index in [2.05, 4.69) is 83.9 Å². The van der Waals surface area contributed by atoms with E-state index in [4.69, 9.17) is 9.47 Å². The number of ether oxygens (including phenoxy) is 2. The van der Waals surface area contributed by atoms with Crippen LogP contribution in [0.2, 0.25) is 0 Å². The van der Waals surface area contributed by atoms with Crippen LogP contribution >= 0.6 is 0 Å². The fourth-order valence-electron chi connectivity index (χ4n) is 5.90. The second-order valence-corrected chi connectivity index (χ2v) is 10.1. The molecule has 0 fully saturated rings. The number of nitrogens with zero attached hydrogens (tertiary/aromatic N) is 4. The van der Waals surface area contributed by atoms with Crippen LogP contribution in [0, 0.1) is 6.92 Å². The second-order valence-electron chi connectivity index (χ2n) is 10.1. The Labute approximate surface area is 221 Å². The summed E-state index contributed by atoms with van der Waals surface area (Å²) in [6.07, 6.45) is 6.25. The quantitative estimate of drug-likeness (QED) is 0.300. The Bertz CT molecular complexity index is 1250. The van der Waals surface area contributed by atoms with Gasteiger partial charge in [-0.2, -0.15) is 0 Å². The molecule has 0 saturated heterocycles. The minimum absolute atomic E-state index is 0.548. The van der Waals surface area contributed by atoms with E-state index in [1.165, 1.54) is 29.8 Å². The molecule has 0 bridgehead atoms. The van der Waals surface area contributed by atoms with Crippen LogP contribution in [-0.4, -0.2) is 36.1 Å². The van der Waals surface area contributed by atoms with Crippen molar-refractivity contribution in [1.29, 1.82) is 0 Å². The van der Waals surface area contributed by atoms with Crippen LogP contribution in [0.5, 0.6) is 11.6 Å². The molecule has 0 saturated carbocycles. The number of hydrogen-bond acceptors (Lipinski definition) is 6. The number of unbranched alkanes of at least 4 members (excludes halogenated alkanes) is 2. The first kappa shape index (κ1) is 25.5. The summed E-state index contributed by atoms with van der Waals surface area (Å²) in [5.74, 6) is 1.41. The molecule has 6 nitrogen and oxygen atoms in total. The van der Waals surface area contributed by atoms with Crippen LogP contribution in [0.4, 0.5) is 11.4 Å². The van der Waals surface area contributed by atoms with Crippen molar-refractivity contribution in [2.75, 3.05) is 36.0 Å². The van der Waals surface area contributed by atoms with E-state index in [9.17, 15) is 0 Å². The zero-order valence-corrected chi connectivity index (χ0v) is 23.0. The molecule has 1 unspecified atom stereocenters. The molecular formula is C31H40N4O2. The zero-order chi connectivity index (χ0) is 26.0. The molecule has 1 spiro atoms. The van der Waals surface area contributed by atoms with Crippen LogP contribution in [0.25, 0.3) is 0 Å². The number of fused-ring (bicyclic) bond motifs is 6. The van der Waals surface area contributed by atoms with Gasteiger partial charge in [0.05, 0.1) is 29.2 Å². The highest BCUT2D eigenvalue weighted by Gasteiger charge is 2.51. The Kier molecular flexibility index (Phi) is 7.38. The van der Waals surface area contributed by atoms with Crippen LogP contribution in [0.1, 0.15) is 81.3 Å². The van der Waals surface area contributed by atoms with Gasteiger partial charge in [-0.3, -0.25) is 0 Å². The molecule has 3 aromatic rings. The molecule has 0 amide bonds.